The van der Waals surface area contributed by atoms with Crippen molar-refractivity contribution in [2.75, 3.05) is 24.7 Å². The molecule has 0 radical (unpaired) electrons. The standard InChI is InChI=1S/C7H14N2S/c8-2-6-1-7-4-10-5-9(7)3-6/h6-7H,1-5,8H2/t6-,7-/m0/s1. The van der Waals surface area contributed by atoms with Crippen LogP contribution >= 0.6 is 11.8 Å². The van der Waals surface area contributed by atoms with Crippen molar-refractivity contribution in [1.82, 2.24) is 4.90 Å². The molecule has 0 aromatic heterocycles. The van der Waals surface area contributed by atoms with Gasteiger partial charge in [0.1, 0.15) is 0 Å². The summed E-state index contributed by atoms with van der Waals surface area (Å²) < 4.78 is 0. The van der Waals surface area contributed by atoms with Crippen molar-refractivity contribution in [2.45, 2.75) is 12.5 Å². The Balaban J connectivity index is 1.94. The first-order valence-electron chi connectivity index (χ1n) is 3.92. The predicted molar refractivity (Wildman–Crippen MR) is 45.0 cm³/mol. The SMILES string of the molecule is NC[C@@H]1C[C@H]2CSCN2C1. The van der Waals surface area contributed by atoms with Crippen LogP contribution in [0.25, 0.3) is 0 Å². The quantitative estimate of drug-likeness (QED) is 0.596. The first-order valence-corrected chi connectivity index (χ1v) is 5.07. The molecule has 10 heavy (non-hydrogen) atoms. The number of thioether (sulfide) groups is 1. The molecule has 2 N–H and O–H groups in total. The summed E-state index contributed by atoms with van der Waals surface area (Å²) in [4.78, 5) is 2.57. The smallest absolute Gasteiger partial charge is 0.0448 e. The average Bonchev–Trinajstić information content (AvgIpc) is 2.42. The van der Waals surface area contributed by atoms with Gasteiger partial charge in [-0.3, -0.25) is 4.90 Å². The van der Waals surface area contributed by atoms with E-state index in [1.54, 1.807) is 0 Å². The van der Waals surface area contributed by atoms with Gasteiger partial charge in [0.15, 0.2) is 0 Å². The summed E-state index contributed by atoms with van der Waals surface area (Å²) in [6.45, 7) is 2.14. The Morgan fingerprint density at radius 3 is 3.20 bits per heavy atom. The van der Waals surface area contributed by atoms with Crippen LogP contribution in [-0.4, -0.2) is 35.7 Å². The highest BCUT2D eigenvalue weighted by Crippen LogP contribution is 2.31. The van der Waals surface area contributed by atoms with Gasteiger partial charge in [-0.05, 0) is 18.9 Å². The van der Waals surface area contributed by atoms with Gasteiger partial charge in [-0.1, -0.05) is 0 Å². The third kappa shape index (κ3) is 1.06. The van der Waals surface area contributed by atoms with Gasteiger partial charge in [-0.2, -0.15) is 0 Å². The Morgan fingerprint density at radius 1 is 1.60 bits per heavy atom. The van der Waals surface area contributed by atoms with E-state index >= 15 is 0 Å². The van der Waals surface area contributed by atoms with E-state index in [0.717, 1.165) is 18.5 Å². The van der Waals surface area contributed by atoms with E-state index in [2.05, 4.69) is 16.7 Å². The van der Waals surface area contributed by atoms with Gasteiger partial charge in [-0.25, -0.2) is 0 Å². The van der Waals surface area contributed by atoms with Gasteiger partial charge < -0.3 is 5.73 Å². The van der Waals surface area contributed by atoms with Crippen molar-refractivity contribution in [3.8, 4) is 0 Å². The second-order valence-corrected chi connectivity index (χ2v) is 4.26. The first kappa shape index (κ1) is 6.95. The van der Waals surface area contributed by atoms with E-state index < -0.39 is 0 Å². The minimum atomic E-state index is 0.797. The van der Waals surface area contributed by atoms with Crippen molar-refractivity contribution in [1.29, 1.82) is 0 Å². The van der Waals surface area contributed by atoms with E-state index in [9.17, 15) is 0 Å². The zero-order chi connectivity index (χ0) is 6.97. The summed E-state index contributed by atoms with van der Waals surface area (Å²) >= 11 is 2.06. The van der Waals surface area contributed by atoms with E-state index in [1.807, 2.05) is 0 Å². The molecule has 0 aliphatic carbocycles. The minimum Gasteiger partial charge on any atom is -0.330 e. The Morgan fingerprint density at radius 2 is 2.50 bits per heavy atom. The maximum absolute atomic E-state index is 5.60. The largest absolute Gasteiger partial charge is 0.330 e. The molecule has 58 valence electrons. The molecule has 0 aromatic carbocycles. The maximum Gasteiger partial charge on any atom is 0.0448 e. The summed E-state index contributed by atoms with van der Waals surface area (Å²) in [6.07, 6.45) is 1.35. The zero-order valence-corrected chi connectivity index (χ0v) is 6.94. The van der Waals surface area contributed by atoms with Crippen LogP contribution in [0.5, 0.6) is 0 Å². The third-order valence-corrected chi connectivity index (χ3v) is 3.65. The molecule has 0 amide bonds. The van der Waals surface area contributed by atoms with Crippen LogP contribution in [0, 0.1) is 5.92 Å². The molecule has 0 saturated carbocycles. The Bertz CT molecular complexity index is 117. The molecule has 2 atom stereocenters. The average molecular weight is 158 g/mol. The van der Waals surface area contributed by atoms with Crippen molar-refractivity contribution < 1.29 is 0 Å². The fourth-order valence-electron chi connectivity index (χ4n) is 1.90. The van der Waals surface area contributed by atoms with Crippen molar-refractivity contribution in [3.05, 3.63) is 0 Å². The van der Waals surface area contributed by atoms with Crippen LogP contribution in [0.1, 0.15) is 6.42 Å². The Hall–Kier alpha value is 0.270. The van der Waals surface area contributed by atoms with Crippen LogP contribution in [0.4, 0.5) is 0 Å². The molecule has 2 heterocycles. The second kappa shape index (κ2) is 2.72. The van der Waals surface area contributed by atoms with Gasteiger partial charge in [-0.15, -0.1) is 11.8 Å². The van der Waals surface area contributed by atoms with Crippen molar-refractivity contribution in [3.63, 3.8) is 0 Å². The maximum atomic E-state index is 5.60. The van der Waals surface area contributed by atoms with Crippen molar-refractivity contribution in [2.24, 2.45) is 11.7 Å². The van der Waals surface area contributed by atoms with Gasteiger partial charge in [0.05, 0.1) is 0 Å². The predicted octanol–water partition coefficient (Wildman–Crippen LogP) is 0.340. The lowest BCUT2D eigenvalue weighted by Crippen LogP contribution is -2.24. The Kier molecular flexibility index (Phi) is 1.89. The molecule has 2 aliphatic heterocycles. The summed E-state index contributed by atoms with van der Waals surface area (Å²) in [5, 5.41) is 0. The van der Waals surface area contributed by atoms with E-state index in [0.29, 0.717) is 0 Å². The fraction of sp³-hybridized carbons (Fsp3) is 1.00. The lowest BCUT2D eigenvalue weighted by Gasteiger charge is -2.11. The minimum absolute atomic E-state index is 0.797. The highest BCUT2D eigenvalue weighted by molar-refractivity contribution is 7.99. The van der Waals surface area contributed by atoms with E-state index in [4.69, 9.17) is 5.73 Å². The van der Waals surface area contributed by atoms with Crippen LogP contribution in [0.3, 0.4) is 0 Å². The van der Waals surface area contributed by atoms with Gasteiger partial charge in [0, 0.05) is 24.2 Å². The normalized spacial score (nSPS) is 40.5. The van der Waals surface area contributed by atoms with Gasteiger partial charge in [0.2, 0.25) is 0 Å². The first-order chi connectivity index (χ1) is 4.90. The van der Waals surface area contributed by atoms with Crippen molar-refractivity contribution >= 4 is 11.8 Å². The van der Waals surface area contributed by atoms with E-state index in [-0.39, 0.29) is 0 Å². The number of hydrogen-bond donors (Lipinski definition) is 1. The molecular weight excluding hydrogens is 144 g/mol. The molecule has 2 rings (SSSR count). The molecular formula is C7H14N2S. The molecule has 2 nitrogen and oxygen atoms in total. The summed E-state index contributed by atoms with van der Waals surface area (Å²) in [7, 11) is 0. The zero-order valence-electron chi connectivity index (χ0n) is 6.12. The van der Waals surface area contributed by atoms with Gasteiger partial charge in [0.25, 0.3) is 0 Å². The number of rotatable bonds is 1. The summed E-state index contributed by atoms with van der Waals surface area (Å²) in [6, 6.07) is 0.874. The van der Waals surface area contributed by atoms with Crippen LogP contribution in [0.2, 0.25) is 0 Å². The Labute approximate surface area is 66.1 Å². The number of fused-ring (bicyclic) bond motifs is 1. The molecule has 2 fully saturated rings. The lowest BCUT2D eigenvalue weighted by molar-refractivity contribution is 0.332. The molecule has 3 heteroatoms. The number of nitrogens with two attached hydrogens (primary N) is 1. The third-order valence-electron chi connectivity index (χ3n) is 2.52. The number of hydrogen-bond acceptors (Lipinski definition) is 3. The molecule has 0 unspecified atom stereocenters. The van der Waals surface area contributed by atoms with Crippen LogP contribution < -0.4 is 5.73 Å². The number of nitrogens with zero attached hydrogens (tertiary/aromatic N) is 1. The second-order valence-electron chi connectivity index (χ2n) is 3.26. The topological polar surface area (TPSA) is 29.3 Å². The molecule has 0 spiro atoms. The molecule has 0 bridgehead atoms. The van der Waals surface area contributed by atoms with Gasteiger partial charge >= 0.3 is 0 Å². The van der Waals surface area contributed by atoms with Crippen LogP contribution in [-0.2, 0) is 0 Å². The monoisotopic (exact) mass is 158 g/mol. The summed E-state index contributed by atoms with van der Waals surface area (Å²) in [5.74, 6) is 3.39. The van der Waals surface area contributed by atoms with E-state index in [1.165, 1.54) is 24.6 Å². The lowest BCUT2D eigenvalue weighted by atomic mass is 10.1. The molecule has 2 aliphatic rings. The molecule has 0 aromatic rings. The highest BCUT2D eigenvalue weighted by Gasteiger charge is 2.34. The summed E-state index contributed by atoms with van der Waals surface area (Å²) in [5.41, 5.74) is 5.60. The highest BCUT2D eigenvalue weighted by atomic mass is 32.2. The molecule has 2 saturated heterocycles. The fourth-order valence-corrected chi connectivity index (χ4v) is 3.17. The van der Waals surface area contributed by atoms with Crippen LogP contribution in [0.15, 0.2) is 0 Å².